The first kappa shape index (κ1) is 21.1. The van der Waals surface area contributed by atoms with Gasteiger partial charge in [-0.15, -0.1) is 20.5 Å². The van der Waals surface area contributed by atoms with Crippen LogP contribution in [0.25, 0.3) is 0 Å². The van der Waals surface area contributed by atoms with Gasteiger partial charge in [-0.1, -0.05) is 0 Å². The highest BCUT2D eigenvalue weighted by molar-refractivity contribution is 4.99. The Kier molecular flexibility index (Phi) is 5.70. The highest BCUT2D eigenvalue weighted by atomic mass is 16.6. The molecule has 3 aliphatic heterocycles. The maximum Gasteiger partial charge on any atom is 0.0839 e. The Balaban J connectivity index is 0.000000186. The van der Waals surface area contributed by atoms with Gasteiger partial charge in [-0.3, -0.25) is 0 Å². The standard InChI is InChI=1S/C11H20NO2.C9H18NO/c1-10(2)5-8(9-7-14-9)6-11(3,4)12(10)13;1-8(2)6-5-7-9(3,4)10(8)11/h8-9H,5-7H2,1-4H3;5-7H2,1-4H3. The van der Waals surface area contributed by atoms with Gasteiger partial charge in [-0.05, 0) is 93.4 Å². The molecule has 25 heavy (non-hydrogen) atoms. The van der Waals surface area contributed by atoms with Crippen LogP contribution in [0, 0.1) is 5.92 Å². The van der Waals surface area contributed by atoms with Crippen molar-refractivity contribution in [2.75, 3.05) is 6.61 Å². The van der Waals surface area contributed by atoms with Crippen LogP contribution in [0.2, 0.25) is 0 Å². The van der Waals surface area contributed by atoms with Crippen LogP contribution in [-0.4, -0.2) is 45.0 Å². The molecule has 5 heteroatoms. The number of hydroxylamine groups is 4. The van der Waals surface area contributed by atoms with Gasteiger partial charge in [0.15, 0.2) is 0 Å². The lowest BCUT2D eigenvalue weighted by molar-refractivity contribution is -0.294. The van der Waals surface area contributed by atoms with E-state index in [2.05, 4.69) is 0 Å². The van der Waals surface area contributed by atoms with Gasteiger partial charge in [0, 0.05) is 22.2 Å². The van der Waals surface area contributed by atoms with Crippen molar-refractivity contribution in [2.45, 2.75) is 116 Å². The Hall–Kier alpha value is -0.200. The zero-order chi connectivity index (χ0) is 19.3. The molecule has 0 aromatic heterocycles. The van der Waals surface area contributed by atoms with Crippen LogP contribution in [0.1, 0.15) is 87.5 Å². The van der Waals surface area contributed by atoms with Crippen molar-refractivity contribution in [2.24, 2.45) is 5.92 Å². The van der Waals surface area contributed by atoms with Gasteiger partial charge in [0.1, 0.15) is 0 Å². The van der Waals surface area contributed by atoms with E-state index in [4.69, 9.17) is 4.74 Å². The summed E-state index contributed by atoms with van der Waals surface area (Å²) in [4.78, 5) is 0. The van der Waals surface area contributed by atoms with Crippen molar-refractivity contribution >= 4 is 0 Å². The van der Waals surface area contributed by atoms with Crippen LogP contribution < -0.4 is 0 Å². The van der Waals surface area contributed by atoms with Crippen LogP contribution in [0.4, 0.5) is 0 Å². The topological polar surface area (TPSA) is 58.8 Å². The zero-order valence-electron chi connectivity index (χ0n) is 17.5. The molecular weight excluding hydrogens is 316 g/mol. The maximum absolute atomic E-state index is 12.0. The van der Waals surface area contributed by atoms with E-state index in [1.54, 1.807) is 0 Å². The number of rotatable bonds is 1. The molecule has 0 aliphatic carbocycles. The molecule has 0 N–H and O–H groups in total. The summed E-state index contributed by atoms with van der Waals surface area (Å²) in [5.74, 6) is 0.574. The lowest BCUT2D eigenvalue weighted by Crippen LogP contribution is -2.58. The minimum absolute atomic E-state index is 0.151. The lowest BCUT2D eigenvalue weighted by atomic mass is 9.74. The third-order valence-corrected chi connectivity index (χ3v) is 6.18. The van der Waals surface area contributed by atoms with E-state index in [0.29, 0.717) is 12.0 Å². The fourth-order valence-corrected chi connectivity index (χ4v) is 4.91. The zero-order valence-corrected chi connectivity index (χ0v) is 17.5. The van der Waals surface area contributed by atoms with E-state index in [1.807, 2.05) is 55.4 Å². The van der Waals surface area contributed by atoms with Gasteiger partial charge in [0.05, 0.1) is 12.7 Å². The number of epoxide rings is 1. The fourth-order valence-electron chi connectivity index (χ4n) is 4.91. The first-order valence-electron chi connectivity index (χ1n) is 9.76. The summed E-state index contributed by atoms with van der Waals surface area (Å²) in [5, 5.41) is 26.3. The Morgan fingerprint density at radius 2 is 1.08 bits per heavy atom. The normalized spacial score (nSPS) is 34.1. The number of hydrogen-bond acceptors (Lipinski definition) is 3. The molecule has 1 atom stereocenters. The van der Waals surface area contributed by atoms with Crippen molar-refractivity contribution in [1.82, 2.24) is 10.1 Å². The van der Waals surface area contributed by atoms with Gasteiger partial charge in [-0.2, -0.15) is 0 Å². The van der Waals surface area contributed by atoms with Crippen molar-refractivity contribution in [1.29, 1.82) is 0 Å². The van der Waals surface area contributed by atoms with Crippen LogP contribution in [0.5, 0.6) is 0 Å². The van der Waals surface area contributed by atoms with E-state index < -0.39 is 0 Å². The third kappa shape index (κ3) is 4.75. The molecule has 3 rings (SSSR count). The first-order chi connectivity index (χ1) is 11.2. The van der Waals surface area contributed by atoms with E-state index in [-0.39, 0.29) is 22.2 Å². The van der Waals surface area contributed by atoms with Crippen LogP contribution >= 0.6 is 0 Å². The molecule has 0 aromatic rings. The Morgan fingerprint density at radius 3 is 1.40 bits per heavy atom. The number of nitrogens with zero attached hydrogens (tertiary/aromatic N) is 2. The molecule has 0 bridgehead atoms. The molecule has 1 unspecified atom stereocenters. The van der Waals surface area contributed by atoms with Crippen molar-refractivity contribution < 1.29 is 15.2 Å². The van der Waals surface area contributed by atoms with Gasteiger partial charge < -0.3 is 4.74 Å². The van der Waals surface area contributed by atoms with Crippen molar-refractivity contribution in [3.8, 4) is 0 Å². The average Bonchev–Trinajstić information content (AvgIpc) is 3.26. The molecule has 146 valence electrons. The molecule has 0 amide bonds. The van der Waals surface area contributed by atoms with Crippen LogP contribution in [0.3, 0.4) is 0 Å². The quantitative estimate of drug-likeness (QED) is 0.657. The van der Waals surface area contributed by atoms with Crippen LogP contribution in [-0.2, 0) is 15.2 Å². The maximum atomic E-state index is 12.0. The molecule has 5 nitrogen and oxygen atoms in total. The fraction of sp³-hybridized carbons (Fsp3) is 1.00. The van der Waals surface area contributed by atoms with E-state index in [1.165, 1.54) is 16.5 Å². The molecule has 0 aromatic carbocycles. The second-order valence-corrected chi connectivity index (χ2v) is 10.7. The predicted molar refractivity (Wildman–Crippen MR) is 97.7 cm³/mol. The predicted octanol–water partition coefficient (Wildman–Crippen LogP) is 4.37. The number of piperidine rings is 2. The van der Waals surface area contributed by atoms with E-state index >= 15 is 0 Å². The highest BCUT2D eigenvalue weighted by Gasteiger charge is 2.50. The van der Waals surface area contributed by atoms with Gasteiger partial charge in [-0.25, -0.2) is 0 Å². The minimum atomic E-state index is -0.238. The molecule has 3 saturated heterocycles. The summed E-state index contributed by atoms with van der Waals surface area (Å²) in [6.45, 7) is 17.2. The molecular formula is C20H38N2O3. The lowest BCUT2D eigenvalue weighted by Gasteiger charge is -2.49. The van der Waals surface area contributed by atoms with Gasteiger partial charge >= 0.3 is 0 Å². The monoisotopic (exact) mass is 354 g/mol. The van der Waals surface area contributed by atoms with Gasteiger partial charge in [0.2, 0.25) is 0 Å². The molecule has 0 spiro atoms. The number of ether oxygens (including phenoxy) is 1. The minimum Gasteiger partial charge on any atom is -0.373 e. The molecule has 3 aliphatic rings. The summed E-state index contributed by atoms with van der Waals surface area (Å²) in [7, 11) is 0. The summed E-state index contributed by atoms with van der Waals surface area (Å²) in [5.41, 5.74) is -0.778. The largest absolute Gasteiger partial charge is 0.373 e. The highest BCUT2D eigenvalue weighted by Crippen LogP contribution is 2.44. The average molecular weight is 355 g/mol. The summed E-state index contributed by atoms with van der Waals surface area (Å²) in [6.07, 6.45) is 5.59. The molecule has 3 fully saturated rings. The summed E-state index contributed by atoms with van der Waals surface area (Å²) in [6, 6.07) is 0. The second kappa shape index (κ2) is 6.75. The Morgan fingerprint density at radius 1 is 0.720 bits per heavy atom. The van der Waals surface area contributed by atoms with Crippen LogP contribution in [0.15, 0.2) is 0 Å². The molecule has 2 radical (unpaired) electrons. The molecule has 0 saturated carbocycles. The van der Waals surface area contributed by atoms with E-state index in [9.17, 15) is 10.4 Å². The van der Waals surface area contributed by atoms with Crippen molar-refractivity contribution in [3.05, 3.63) is 0 Å². The first-order valence-corrected chi connectivity index (χ1v) is 9.76. The Labute approximate surface area is 154 Å². The van der Waals surface area contributed by atoms with Gasteiger partial charge in [0.25, 0.3) is 0 Å². The number of hydrogen-bond donors (Lipinski definition) is 0. The third-order valence-electron chi connectivity index (χ3n) is 6.18. The molecule has 3 heterocycles. The van der Waals surface area contributed by atoms with Crippen molar-refractivity contribution in [3.63, 3.8) is 0 Å². The summed E-state index contributed by atoms with van der Waals surface area (Å²) >= 11 is 0. The summed E-state index contributed by atoms with van der Waals surface area (Å²) < 4.78 is 5.35. The smallest absolute Gasteiger partial charge is 0.0839 e. The van der Waals surface area contributed by atoms with E-state index in [0.717, 1.165) is 32.3 Å². The Bertz CT molecular complexity index is 436. The second-order valence-electron chi connectivity index (χ2n) is 10.7. The SMILES string of the molecule is CC1(C)CC(C2CO2)CC(C)(C)N1[O].CC1(C)CCCC(C)(C)N1[O].